The summed E-state index contributed by atoms with van der Waals surface area (Å²) in [6, 6.07) is 4.05. The van der Waals surface area contributed by atoms with Crippen LogP contribution >= 0.6 is 0 Å². The van der Waals surface area contributed by atoms with Gasteiger partial charge in [0.05, 0.1) is 18.1 Å². The van der Waals surface area contributed by atoms with E-state index in [0.29, 0.717) is 5.56 Å². The first-order valence-corrected chi connectivity index (χ1v) is 7.68. The lowest BCUT2D eigenvalue weighted by atomic mass is 9.63. The highest BCUT2D eigenvalue weighted by Gasteiger charge is 2.56. The van der Waals surface area contributed by atoms with Crippen molar-refractivity contribution in [1.29, 1.82) is 0 Å². The van der Waals surface area contributed by atoms with Gasteiger partial charge in [-0.1, -0.05) is 12.2 Å². The van der Waals surface area contributed by atoms with Gasteiger partial charge in [0.2, 0.25) is 0 Å². The van der Waals surface area contributed by atoms with Crippen LogP contribution < -0.4 is 0 Å². The molecule has 118 valence electrons. The van der Waals surface area contributed by atoms with Crippen LogP contribution in [0.2, 0.25) is 0 Å². The van der Waals surface area contributed by atoms with Crippen LogP contribution in [0.25, 0.3) is 0 Å². The van der Waals surface area contributed by atoms with Gasteiger partial charge in [0.15, 0.2) is 0 Å². The fourth-order valence-corrected chi connectivity index (χ4v) is 3.93. The Morgan fingerprint density at radius 2 is 1.65 bits per heavy atom. The van der Waals surface area contributed by atoms with Gasteiger partial charge in [-0.3, -0.25) is 9.59 Å². The van der Waals surface area contributed by atoms with Crippen molar-refractivity contribution in [2.24, 2.45) is 28.8 Å². The number of amides is 2. The number of hydrogen-bond donors (Lipinski definition) is 2. The maximum absolute atomic E-state index is 12.6. The number of fused-ring (bicyclic) bond motifs is 1. The maximum atomic E-state index is 12.6. The van der Waals surface area contributed by atoms with Crippen molar-refractivity contribution in [3.8, 4) is 11.5 Å². The largest absolute Gasteiger partial charge is 0.508 e. The Bertz CT molecular complexity index is 723. The molecule has 5 rings (SSSR count). The highest BCUT2D eigenvalue weighted by molar-refractivity contribution is 6.06. The molecule has 1 saturated carbocycles. The van der Waals surface area contributed by atoms with E-state index in [0.717, 1.165) is 17.9 Å². The molecule has 2 amide bonds. The summed E-state index contributed by atoms with van der Waals surface area (Å²) < 4.78 is 0. The molecular formula is C17H16N2O4. The van der Waals surface area contributed by atoms with Crippen LogP contribution in [0.15, 0.2) is 35.5 Å². The molecule has 0 aromatic heterocycles. The summed E-state index contributed by atoms with van der Waals surface area (Å²) in [6.07, 6.45) is 7.27. The van der Waals surface area contributed by atoms with Crippen LogP contribution in [-0.2, 0) is 9.59 Å². The molecule has 2 fully saturated rings. The Hall–Kier alpha value is -2.63. The summed E-state index contributed by atoms with van der Waals surface area (Å²) in [6.45, 7) is 0. The number of imide groups is 1. The summed E-state index contributed by atoms with van der Waals surface area (Å²) in [5, 5.41) is 24.0. The fourth-order valence-electron chi connectivity index (χ4n) is 3.93. The number of allylic oxidation sites excluding steroid dienone is 2. The zero-order chi connectivity index (χ0) is 16.1. The van der Waals surface area contributed by atoms with Crippen LogP contribution in [0.4, 0.5) is 0 Å². The van der Waals surface area contributed by atoms with Gasteiger partial charge in [-0.05, 0) is 36.8 Å². The minimum Gasteiger partial charge on any atom is -0.508 e. The molecule has 2 bridgehead atoms. The SMILES string of the molecule is O=C1[C@@H]2[C@@H](C(=O)N1N=Cc1ccc(O)cc1O)[C@H]1C=C[C@H]2CC1. The fraction of sp³-hybridized carbons (Fsp3) is 0.353. The molecule has 1 saturated heterocycles. The van der Waals surface area contributed by atoms with Crippen LogP contribution in [0.5, 0.6) is 11.5 Å². The second-order valence-corrected chi connectivity index (χ2v) is 6.32. The third-order valence-electron chi connectivity index (χ3n) is 5.06. The summed E-state index contributed by atoms with van der Waals surface area (Å²) in [7, 11) is 0. The van der Waals surface area contributed by atoms with E-state index in [2.05, 4.69) is 17.3 Å². The van der Waals surface area contributed by atoms with Gasteiger partial charge in [0, 0.05) is 11.6 Å². The lowest BCUT2D eigenvalue weighted by Gasteiger charge is -2.37. The summed E-state index contributed by atoms with van der Waals surface area (Å²) in [5.41, 5.74) is 0.333. The Labute approximate surface area is 132 Å². The predicted molar refractivity (Wildman–Crippen MR) is 81.6 cm³/mol. The smallest absolute Gasteiger partial charge is 0.254 e. The highest BCUT2D eigenvalue weighted by atomic mass is 16.3. The van der Waals surface area contributed by atoms with Crippen molar-refractivity contribution in [3.63, 3.8) is 0 Å². The van der Waals surface area contributed by atoms with Crippen molar-refractivity contribution < 1.29 is 19.8 Å². The average Bonchev–Trinajstić information content (AvgIpc) is 2.82. The van der Waals surface area contributed by atoms with E-state index in [4.69, 9.17) is 0 Å². The first kappa shape index (κ1) is 14.0. The van der Waals surface area contributed by atoms with E-state index in [-0.39, 0.29) is 47.0 Å². The van der Waals surface area contributed by atoms with Crippen molar-refractivity contribution >= 4 is 18.0 Å². The molecule has 3 aliphatic carbocycles. The number of phenolic OH excluding ortho intramolecular Hbond substituents is 2. The Balaban J connectivity index is 1.62. The molecule has 2 N–H and O–H groups in total. The predicted octanol–water partition coefficient (Wildman–Crippen LogP) is 1.63. The number of hydrazone groups is 1. The zero-order valence-corrected chi connectivity index (χ0v) is 12.3. The van der Waals surface area contributed by atoms with Crippen LogP contribution in [-0.4, -0.2) is 33.3 Å². The van der Waals surface area contributed by atoms with E-state index in [9.17, 15) is 19.8 Å². The normalized spacial score (nSPS) is 32.1. The molecule has 0 unspecified atom stereocenters. The summed E-state index contributed by atoms with van der Waals surface area (Å²) >= 11 is 0. The first-order chi connectivity index (χ1) is 11.1. The van der Waals surface area contributed by atoms with Crippen molar-refractivity contribution in [2.45, 2.75) is 12.8 Å². The molecule has 0 radical (unpaired) electrons. The number of benzene rings is 1. The van der Waals surface area contributed by atoms with Gasteiger partial charge < -0.3 is 10.2 Å². The number of aromatic hydroxyl groups is 2. The molecule has 6 heteroatoms. The number of rotatable bonds is 2. The number of hydrogen-bond acceptors (Lipinski definition) is 5. The van der Waals surface area contributed by atoms with Gasteiger partial charge in [-0.15, -0.1) is 0 Å². The first-order valence-electron chi connectivity index (χ1n) is 7.68. The molecule has 1 aromatic rings. The van der Waals surface area contributed by atoms with Gasteiger partial charge in [-0.25, -0.2) is 0 Å². The molecule has 6 nitrogen and oxygen atoms in total. The zero-order valence-electron chi connectivity index (χ0n) is 12.3. The molecule has 23 heavy (non-hydrogen) atoms. The molecule has 1 aliphatic heterocycles. The molecule has 4 aliphatic rings. The number of nitrogens with zero attached hydrogens (tertiary/aromatic N) is 2. The molecule has 1 aromatic carbocycles. The van der Waals surface area contributed by atoms with Gasteiger partial charge >= 0.3 is 0 Å². The Kier molecular flexibility index (Phi) is 3.01. The van der Waals surface area contributed by atoms with E-state index in [1.807, 2.05) is 0 Å². The lowest BCUT2D eigenvalue weighted by Crippen LogP contribution is -2.38. The second-order valence-electron chi connectivity index (χ2n) is 6.32. The Morgan fingerprint density at radius 3 is 2.17 bits per heavy atom. The van der Waals surface area contributed by atoms with Crippen LogP contribution in [0.3, 0.4) is 0 Å². The quantitative estimate of drug-likeness (QED) is 0.493. The summed E-state index contributed by atoms with van der Waals surface area (Å²) in [5.74, 6) is -1.07. The van der Waals surface area contributed by atoms with E-state index < -0.39 is 0 Å². The van der Waals surface area contributed by atoms with Gasteiger partial charge in [0.1, 0.15) is 11.5 Å². The maximum Gasteiger partial charge on any atom is 0.254 e. The van der Waals surface area contributed by atoms with E-state index in [1.54, 1.807) is 0 Å². The molecule has 0 spiro atoms. The Morgan fingerprint density at radius 1 is 1.04 bits per heavy atom. The van der Waals surface area contributed by atoms with Crippen LogP contribution in [0, 0.1) is 23.7 Å². The van der Waals surface area contributed by atoms with Crippen LogP contribution in [0.1, 0.15) is 18.4 Å². The summed E-state index contributed by atoms with van der Waals surface area (Å²) in [4.78, 5) is 25.1. The minimum absolute atomic E-state index is 0.0679. The van der Waals surface area contributed by atoms with Gasteiger partial charge in [-0.2, -0.15) is 10.1 Å². The van der Waals surface area contributed by atoms with Crippen molar-refractivity contribution in [3.05, 3.63) is 35.9 Å². The molecular weight excluding hydrogens is 296 g/mol. The third-order valence-corrected chi connectivity index (χ3v) is 5.06. The van der Waals surface area contributed by atoms with Gasteiger partial charge in [0.25, 0.3) is 11.8 Å². The average molecular weight is 312 g/mol. The number of phenols is 2. The molecule has 1 heterocycles. The second kappa shape index (κ2) is 4.94. The third kappa shape index (κ3) is 2.05. The lowest BCUT2D eigenvalue weighted by molar-refractivity contribution is -0.140. The van der Waals surface area contributed by atoms with Crippen molar-refractivity contribution in [1.82, 2.24) is 5.01 Å². The van der Waals surface area contributed by atoms with E-state index >= 15 is 0 Å². The number of carbonyl (C=O) groups is 2. The highest BCUT2D eigenvalue weighted by Crippen LogP contribution is 2.49. The monoisotopic (exact) mass is 312 g/mol. The minimum atomic E-state index is -0.295. The van der Waals surface area contributed by atoms with Crippen molar-refractivity contribution in [2.75, 3.05) is 0 Å². The number of carbonyl (C=O) groups excluding carboxylic acids is 2. The standard InChI is InChI=1S/C17H16N2O4/c20-12-6-5-11(13(21)7-12)8-18-19-16(22)14-9-1-2-10(4-3-9)15(14)17(19)23/h1-2,5-10,14-15,20-21H,3-4H2/t9-,10-,14-,15-/m0/s1. The topological polar surface area (TPSA) is 90.2 Å². The molecule has 4 atom stereocenters. The van der Waals surface area contributed by atoms with E-state index in [1.165, 1.54) is 24.4 Å².